The first kappa shape index (κ1) is 17.6. The van der Waals surface area contributed by atoms with Crippen molar-refractivity contribution in [2.45, 2.75) is 32.4 Å². The van der Waals surface area contributed by atoms with E-state index in [0.29, 0.717) is 12.2 Å². The summed E-state index contributed by atoms with van der Waals surface area (Å²) in [5.74, 6) is -0.776. The van der Waals surface area contributed by atoms with E-state index in [4.69, 9.17) is 5.11 Å². The zero-order valence-electron chi connectivity index (χ0n) is 11.4. The van der Waals surface area contributed by atoms with Gasteiger partial charge in [0.2, 0.25) is 5.91 Å². The van der Waals surface area contributed by atoms with Gasteiger partial charge in [-0.05, 0) is 32.3 Å². The van der Waals surface area contributed by atoms with Gasteiger partial charge < -0.3 is 21.1 Å². The normalized spacial score (nSPS) is 11.8. The van der Waals surface area contributed by atoms with Gasteiger partial charge in [0.25, 0.3) is 0 Å². The van der Waals surface area contributed by atoms with Crippen molar-refractivity contribution in [3.63, 3.8) is 0 Å². The van der Waals surface area contributed by atoms with E-state index in [-0.39, 0.29) is 18.5 Å². The predicted octanol–water partition coefficient (Wildman–Crippen LogP) is 0.0165. The lowest BCUT2D eigenvalue weighted by molar-refractivity contribution is -0.139. The Bertz CT molecular complexity index is 323. The van der Waals surface area contributed by atoms with E-state index in [1.165, 1.54) is 11.8 Å². The maximum atomic E-state index is 11.4. The molecule has 0 saturated heterocycles. The zero-order chi connectivity index (χ0) is 14.8. The molecule has 0 saturated carbocycles. The number of thioether (sulfide) groups is 1. The Morgan fingerprint density at radius 3 is 2.32 bits per heavy atom. The molecular weight excluding hydrogens is 270 g/mol. The number of carboxylic acids is 1. The van der Waals surface area contributed by atoms with Crippen LogP contribution in [0, 0.1) is 0 Å². The maximum absolute atomic E-state index is 11.4. The third-order valence-corrected chi connectivity index (χ3v) is 2.72. The molecule has 0 aliphatic rings. The molecule has 0 aliphatic heterocycles. The van der Waals surface area contributed by atoms with Crippen molar-refractivity contribution in [3.05, 3.63) is 0 Å². The van der Waals surface area contributed by atoms with Gasteiger partial charge in [0.1, 0.15) is 6.04 Å². The number of carbonyl (C=O) groups is 3. The molecule has 0 aromatic heterocycles. The summed E-state index contributed by atoms with van der Waals surface area (Å²) in [5.41, 5.74) is 0. The lowest BCUT2D eigenvalue weighted by Crippen LogP contribution is -2.49. The molecule has 4 N–H and O–H groups in total. The Morgan fingerprint density at radius 2 is 1.84 bits per heavy atom. The lowest BCUT2D eigenvalue weighted by Gasteiger charge is -2.15. The molecule has 0 aliphatic carbocycles. The van der Waals surface area contributed by atoms with Gasteiger partial charge in [0, 0.05) is 6.04 Å². The molecule has 0 aromatic carbocycles. The highest BCUT2D eigenvalue weighted by atomic mass is 32.2. The Balaban J connectivity index is 4.06. The molecule has 0 aromatic rings. The van der Waals surface area contributed by atoms with Gasteiger partial charge in [-0.15, -0.1) is 0 Å². The summed E-state index contributed by atoms with van der Waals surface area (Å²) < 4.78 is 0. The summed E-state index contributed by atoms with van der Waals surface area (Å²) in [7, 11) is 0. The predicted molar refractivity (Wildman–Crippen MR) is 74.2 cm³/mol. The Kier molecular flexibility index (Phi) is 8.77. The lowest BCUT2D eigenvalue weighted by atomic mass is 10.2. The van der Waals surface area contributed by atoms with Crippen molar-refractivity contribution in [2.75, 3.05) is 18.6 Å². The first-order chi connectivity index (χ1) is 8.86. The summed E-state index contributed by atoms with van der Waals surface area (Å²) in [5, 5.41) is 16.2. The zero-order valence-corrected chi connectivity index (χ0v) is 12.2. The summed E-state index contributed by atoms with van der Waals surface area (Å²) >= 11 is 1.50. The molecule has 0 bridgehead atoms. The number of hydrogen-bond acceptors (Lipinski definition) is 4. The van der Waals surface area contributed by atoms with Crippen molar-refractivity contribution in [1.82, 2.24) is 16.0 Å². The fourth-order valence-corrected chi connectivity index (χ4v) is 1.71. The van der Waals surface area contributed by atoms with Gasteiger partial charge >= 0.3 is 12.0 Å². The average molecular weight is 291 g/mol. The minimum Gasteiger partial charge on any atom is -0.480 e. The number of rotatable bonds is 8. The van der Waals surface area contributed by atoms with Crippen molar-refractivity contribution in [2.24, 2.45) is 0 Å². The van der Waals surface area contributed by atoms with Crippen LogP contribution in [0.25, 0.3) is 0 Å². The summed E-state index contributed by atoms with van der Waals surface area (Å²) in [6, 6.07) is -1.61. The van der Waals surface area contributed by atoms with Crippen molar-refractivity contribution in [1.29, 1.82) is 0 Å². The van der Waals surface area contributed by atoms with Crippen molar-refractivity contribution < 1.29 is 19.5 Å². The van der Waals surface area contributed by atoms with Crippen LogP contribution >= 0.6 is 11.8 Å². The summed E-state index contributed by atoms with van der Waals surface area (Å²) in [6.45, 7) is 3.43. The second kappa shape index (κ2) is 9.48. The molecule has 1 atom stereocenters. The van der Waals surface area contributed by atoms with E-state index in [0.717, 1.165) is 0 Å². The summed E-state index contributed by atoms with van der Waals surface area (Å²) in [6.07, 6.45) is 2.19. The van der Waals surface area contributed by atoms with Gasteiger partial charge in [0.05, 0.1) is 6.54 Å². The quantitative estimate of drug-likeness (QED) is 0.504. The van der Waals surface area contributed by atoms with E-state index in [1.54, 1.807) is 13.8 Å². The number of amides is 3. The minimum absolute atomic E-state index is 0.00860. The van der Waals surface area contributed by atoms with Gasteiger partial charge in [-0.25, -0.2) is 9.59 Å². The highest BCUT2D eigenvalue weighted by Crippen LogP contribution is 2.00. The molecule has 3 amide bonds. The van der Waals surface area contributed by atoms with Crippen LogP contribution in [0.2, 0.25) is 0 Å². The monoisotopic (exact) mass is 291 g/mol. The van der Waals surface area contributed by atoms with Crippen LogP contribution in [0.15, 0.2) is 0 Å². The van der Waals surface area contributed by atoms with Crippen LogP contribution in [-0.4, -0.2) is 53.7 Å². The second-order valence-electron chi connectivity index (χ2n) is 4.22. The summed E-state index contributed by atoms with van der Waals surface area (Å²) in [4.78, 5) is 33.6. The molecule has 0 spiro atoms. The Labute approximate surface area is 116 Å². The third kappa shape index (κ3) is 9.18. The molecule has 0 rings (SSSR count). The molecule has 0 heterocycles. The molecular formula is C11H21N3O4S. The molecule has 110 valence electrons. The van der Waals surface area contributed by atoms with E-state index >= 15 is 0 Å². The molecule has 0 fully saturated rings. The topological polar surface area (TPSA) is 108 Å². The molecule has 1 unspecified atom stereocenters. The van der Waals surface area contributed by atoms with E-state index in [9.17, 15) is 14.4 Å². The fraction of sp³-hybridized carbons (Fsp3) is 0.727. The Hall–Kier alpha value is -1.44. The van der Waals surface area contributed by atoms with Gasteiger partial charge in [0.15, 0.2) is 0 Å². The van der Waals surface area contributed by atoms with Gasteiger partial charge in [-0.3, -0.25) is 4.79 Å². The van der Waals surface area contributed by atoms with E-state index in [2.05, 4.69) is 16.0 Å². The number of hydrogen-bond donors (Lipinski definition) is 4. The first-order valence-electron chi connectivity index (χ1n) is 5.92. The molecule has 19 heavy (non-hydrogen) atoms. The molecule has 0 radical (unpaired) electrons. The van der Waals surface area contributed by atoms with Crippen LogP contribution in [0.3, 0.4) is 0 Å². The van der Waals surface area contributed by atoms with Crippen LogP contribution in [0.5, 0.6) is 0 Å². The van der Waals surface area contributed by atoms with E-state index < -0.39 is 18.0 Å². The number of nitrogens with one attached hydrogen (secondary N) is 3. The SMILES string of the molecule is CSCCC(NC(=O)NCC(=O)NC(C)C)C(=O)O. The average Bonchev–Trinajstić information content (AvgIpc) is 2.30. The van der Waals surface area contributed by atoms with Gasteiger partial charge in [-0.1, -0.05) is 0 Å². The van der Waals surface area contributed by atoms with Crippen LogP contribution in [0.4, 0.5) is 4.79 Å². The first-order valence-corrected chi connectivity index (χ1v) is 7.31. The van der Waals surface area contributed by atoms with Crippen LogP contribution in [0.1, 0.15) is 20.3 Å². The number of aliphatic carboxylic acids is 1. The number of carbonyl (C=O) groups excluding carboxylic acids is 2. The third-order valence-electron chi connectivity index (χ3n) is 2.07. The van der Waals surface area contributed by atoms with Crippen molar-refractivity contribution in [3.8, 4) is 0 Å². The molecule has 7 nitrogen and oxygen atoms in total. The minimum atomic E-state index is -1.09. The fourth-order valence-electron chi connectivity index (χ4n) is 1.24. The maximum Gasteiger partial charge on any atom is 0.326 e. The van der Waals surface area contributed by atoms with Crippen molar-refractivity contribution >= 4 is 29.7 Å². The Morgan fingerprint density at radius 1 is 1.21 bits per heavy atom. The largest absolute Gasteiger partial charge is 0.480 e. The van der Waals surface area contributed by atoms with Crippen LogP contribution < -0.4 is 16.0 Å². The highest BCUT2D eigenvalue weighted by molar-refractivity contribution is 7.98. The second-order valence-corrected chi connectivity index (χ2v) is 5.21. The van der Waals surface area contributed by atoms with Crippen LogP contribution in [-0.2, 0) is 9.59 Å². The smallest absolute Gasteiger partial charge is 0.326 e. The number of carboxylic acid groups (broad SMARTS) is 1. The number of urea groups is 1. The van der Waals surface area contributed by atoms with E-state index in [1.807, 2.05) is 6.26 Å². The molecule has 8 heteroatoms. The van der Waals surface area contributed by atoms with Gasteiger partial charge in [-0.2, -0.15) is 11.8 Å². The standard InChI is InChI=1S/C11H21N3O4S/c1-7(2)13-9(15)6-12-11(18)14-8(10(16)17)4-5-19-3/h7-8H,4-6H2,1-3H3,(H,13,15)(H,16,17)(H2,12,14,18). The highest BCUT2D eigenvalue weighted by Gasteiger charge is 2.19.